The summed E-state index contributed by atoms with van der Waals surface area (Å²) < 4.78 is 45.3. The number of rotatable bonds is 12. The van der Waals surface area contributed by atoms with Crippen LogP contribution in [-0.2, 0) is 23.8 Å². The number of carboxylic acids is 1. The highest BCUT2D eigenvalue weighted by Crippen LogP contribution is 2.33. The second-order valence-corrected chi connectivity index (χ2v) is 8.86. The summed E-state index contributed by atoms with van der Waals surface area (Å²) in [5, 5.41) is 9.00. The average Bonchev–Trinajstić information content (AvgIpc) is 2.86. The third kappa shape index (κ3) is 7.57. The summed E-state index contributed by atoms with van der Waals surface area (Å²) in [6.07, 6.45) is 0.202. The van der Waals surface area contributed by atoms with Gasteiger partial charge in [-0.1, -0.05) is 57.0 Å². The van der Waals surface area contributed by atoms with E-state index in [4.69, 9.17) is 14.8 Å². The van der Waals surface area contributed by atoms with Crippen molar-refractivity contribution in [1.29, 1.82) is 0 Å². The van der Waals surface area contributed by atoms with E-state index >= 15 is 0 Å². The van der Waals surface area contributed by atoms with Crippen LogP contribution in [0, 0.1) is 0 Å². The lowest BCUT2D eigenvalue weighted by Gasteiger charge is -2.22. The zero-order valence-corrected chi connectivity index (χ0v) is 20.6. The quantitative estimate of drug-likeness (QED) is 0.274. The molecule has 4 nitrogen and oxygen atoms in total. The summed E-state index contributed by atoms with van der Waals surface area (Å²) in [5.41, 5.74) is 3.21. The van der Waals surface area contributed by atoms with Crippen LogP contribution in [0.2, 0.25) is 0 Å². The van der Waals surface area contributed by atoms with Gasteiger partial charge < -0.3 is 9.84 Å². The minimum Gasteiger partial charge on any atom is -0.484 e. The lowest BCUT2D eigenvalue weighted by Crippen LogP contribution is -2.11. The summed E-state index contributed by atoms with van der Waals surface area (Å²) in [6, 6.07) is 16.3. The minimum absolute atomic E-state index is 0.0750. The molecule has 36 heavy (non-hydrogen) atoms. The predicted octanol–water partition coefficient (Wildman–Crippen LogP) is 8.05. The van der Waals surface area contributed by atoms with E-state index in [1.165, 1.54) is 12.1 Å². The van der Waals surface area contributed by atoms with Crippen LogP contribution in [0.4, 0.5) is 13.2 Å². The molecule has 192 valence electrons. The van der Waals surface area contributed by atoms with Gasteiger partial charge in [-0.05, 0) is 67.1 Å². The fourth-order valence-electron chi connectivity index (χ4n) is 4.05. The number of alkyl halides is 3. The van der Waals surface area contributed by atoms with E-state index < -0.39 is 17.7 Å². The van der Waals surface area contributed by atoms with Crippen molar-refractivity contribution in [2.75, 3.05) is 0 Å². The first kappa shape index (κ1) is 27.2. The topological polar surface area (TPSA) is 59.4 Å². The van der Waals surface area contributed by atoms with Crippen LogP contribution < -0.4 is 4.74 Å². The molecule has 0 radical (unpaired) electrons. The molecule has 1 N–H and O–H groups in total. The largest absolute Gasteiger partial charge is 0.484 e. The lowest BCUT2D eigenvalue weighted by molar-refractivity contribution is -0.138. The molecule has 0 aliphatic carbocycles. The number of carboxylic acid groups (broad SMARTS) is 1. The molecular formula is C29H32F3NO3. The van der Waals surface area contributed by atoms with E-state index in [2.05, 4.69) is 13.8 Å². The molecule has 0 amide bonds. The first-order valence-electron chi connectivity index (χ1n) is 12.4. The maximum absolute atomic E-state index is 12.9. The van der Waals surface area contributed by atoms with Gasteiger partial charge in [-0.15, -0.1) is 0 Å². The van der Waals surface area contributed by atoms with Crippen molar-refractivity contribution in [2.24, 2.45) is 0 Å². The molecule has 7 heteroatoms. The van der Waals surface area contributed by atoms with Crippen molar-refractivity contribution in [2.45, 2.75) is 71.1 Å². The van der Waals surface area contributed by atoms with Crippen molar-refractivity contribution < 1.29 is 27.8 Å². The fraction of sp³-hybridized carbons (Fsp3) is 0.379. The Morgan fingerprint density at radius 2 is 1.75 bits per heavy atom. The molecule has 1 unspecified atom stereocenters. The number of aryl methyl sites for hydroxylation is 2. The molecule has 2 aromatic carbocycles. The second kappa shape index (κ2) is 12.6. The van der Waals surface area contributed by atoms with E-state index in [9.17, 15) is 18.0 Å². The Labute approximate surface area is 210 Å². The molecule has 3 aromatic rings. The van der Waals surface area contributed by atoms with Gasteiger partial charge in [0, 0.05) is 12.0 Å². The van der Waals surface area contributed by atoms with Gasteiger partial charge >= 0.3 is 12.1 Å². The van der Waals surface area contributed by atoms with E-state index in [0.29, 0.717) is 17.7 Å². The summed E-state index contributed by atoms with van der Waals surface area (Å²) >= 11 is 0. The SMILES string of the molecule is CCCCC(Oc1ccc(CCC(=O)O)cc1CCC)c1cccc(-c2ccc(C(F)(F)F)cc2)n1. The van der Waals surface area contributed by atoms with Crippen molar-refractivity contribution in [1.82, 2.24) is 4.98 Å². The maximum Gasteiger partial charge on any atom is 0.416 e. The molecule has 0 aliphatic rings. The highest BCUT2D eigenvalue weighted by atomic mass is 19.4. The number of hydrogen-bond donors (Lipinski definition) is 1. The van der Waals surface area contributed by atoms with Crippen molar-refractivity contribution in [3.8, 4) is 17.0 Å². The van der Waals surface area contributed by atoms with Crippen LogP contribution in [0.5, 0.6) is 5.75 Å². The highest BCUT2D eigenvalue weighted by Gasteiger charge is 2.30. The molecule has 3 rings (SSSR count). The number of benzene rings is 2. The van der Waals surface area contributed by atoms with Crippen LogP contribution in [-0.4, -0.2) is 16.1 Å². The number of pyridine rings is 1. The van der Waals surface area contributed by atoms with Gasteiger partial charge in [-0.3, -0.25) is 4.79 Å². The fourth-order valence-corrected chi connectivity index (χ4v) is 4.05. The average molecular weight is 500 g/mol. The summed E-state index contributed by atoms with van der Waals surface area (Å²) in [4.78, 5) is 15.7. The molecular weight excluding hydrogens is 467 g/mol. The third-order valence-electron chi connectivity index (χ3n) is 5.97. The lowest BCUT2D eigenvalue weighted by atomic mass is 10.0. The summed E-state index contributed by atoms with van der Waals surface area (Å²) in [5.74, 6) is -0.0789. The summed E-state index contributed by atoms with van der Waals surface area (Å²) in [6.45, 7) is 4.18. The normalized spacial score (nSPS) is 12.4. The van der Waals surface area contributed by atoms with Gasteiger partial charge in [-0.2, -0.15) is 13.2 Å². The van der Waals surface area contributed by atoms with Gasteiger partial charge in [0.15, 0.2) is 0 Å². The van der Waals surface area contributed by atoms with Gasteiger partial charge in [-0.25, -0.2) is 4.98 Å². The Morgan fingerprint density at radius 1 is 1.00 bits per heavy atom. The predicted molar refractivity (Wildman–Crippen MR) is 134 cm³/mol. The zero-order valence-electron chi connectivity index (χ0n) is 20.6. The standard InChI is InChI=1S/C29H32F3NO3/c1-3-5-10-27(36-26-17-11-20(12-18-28(34)35)19-22(26)7-4-2)25-9-6-8-24(33-25)21-13-15-23(16-14-21)29(30,31)32/h6,8-9,11,13-17,19,27H,3-5,7,10,12,18H2,1-2H3,(H,34,35). The number of aromatic nitrogens is 1. The van der Waals surface area contributed by atoms with Crippen LogP contribution in [0.3, 0.4) is 0 Å². The number of ether oxygens (including phenoxy) is 1. The van der Waals surface area contributed by atoms with Gasteiger partial charge in [0.05, 0.1) is 17.0 Å². The highest BCUT2D eigenvalue weighted by molar-refractivity contribution is 5.67. The molecule has 1 aromatic heterocycles. The van der Waals surface area contributed by atoms with E-state index in [-0.39, 0.29) is 12.5 Å². The number of hydrogen-bond acceptors (Lipinski definition) is 3. The Hall–Kier alpha value is -3.35. The molecule has 0 spiro atoms. The Morgan fingerprint density at radius 3 is 2.39 bits per heavy atom. The van der Waals surface area contributed by atoms with Gasteiger partial charge in [0.1, 0.15) is 11.9 Å². The maximum atomic E-state index is 12.9. The number of nitrogens with zero attached hydrogens (tertiary/aromatic N) is 1. The van der Waals surface area contributed by atoms with E-state index in [1.54, 1.807) is 6.07 Å². The van der Waals surface area contributed by atoms with Crippen LogP contribution in [0.15, 0.2) is 60.7 Å². The zero-order chi connectivity index (χ0) is 26.1. The molecule has 0 saturated carbocycles. The Bertz CT molecular complexity index is 1140. The molecule has 0 aliphatic heterocycles. The number of carbonyl (C=O) groups is 1. The van der Waals surface area contributed by atoms with Crippen LogP contribution in [0.25, 0.3) is 11.3 Å². The minimum atomic E-state index is -4.38. The monoisotopic (exact) mass is 499 g/mol. The molecule has 0 fully saturated rings. The van der Waals surface area contributed by atoms with Crippen LogP contribution >= 0.6 is 0 Å². The molecule has 0 saturated heterocycles. The van der Waals surface area contributed by atoms with E-state index in [1.807, 2.05) is 30.3 Å². The molecule has 1 heterocycles. The number of aliphatic carboxylic acids is 1. The smallest absolute Gasteiger partial charge is 0.416 e. The van der Waals surface area contributed by atoms with Crippen molar-refractivity contribution in [3.63, 3.8) is 0 Å². The molecule has 0 bridgehead atoms. The third-order valence-corrected chi connectivity index (χ3v) is 5.97. The Balaban J connectivity index is 1.88. The van der Waals surface area contributed by atoms with Crippen LogP contribution in [0.1, 0.15) is 74.4 Å². The first-order chi connectivity index (χ1) is 17.2. The molecule has 1 atom stereocenters. The van der Waals surface area contributed by atoms with E-state index in [0.717, 1.165) is 66.8 Å². The summed E-state index contributed by atoms with van der Waals surface area (Å²) in [7, 11) is 0. The second-order valence-electron chi connectivity index (χ2n) is 8.86. The number of unbranched alkanes of at least 4 members (excludes halogenated alkanes) is 1. The van der Waals surface area contributed by atoms with Crippen molar-refractivity contribution >= 4 is 5.97 Å². The van der Waals surface area contributed by atoms with Gasteiger partial charge in [0.25, 0.3) is 0 Å². The Kier molecular flexibility index (Phi) is 9.51. The van der Waals surface area contributed by atoms with Gasteiger partial charge in [0.2, 0.25) is 0 Å². The van der Waals surface area contributed by atoms with Crippen molar-refractivity contribution in [3.05, 3.63) is 83.0 Å². The first-order valence-corrected chi connectivity index (χ1v) is 12.4. The number of halogens is 3.